The number of β-amino-alcohol motifs (C(OH)–C–C–N with tert-alkyl or cyclic N) is 1. The van der Waals surface area contributed by atoms with E-state index < -0.39 is 11.9 Å². The number of aliphatic hydroxyl groups is 1. The molecule has 1 fully saturated rings. The minimum absolute atomic E-state index is 0.0657. The Morgan fingerprint density at radius 2 is 1.93 bits per heavy atom. The van der Waals surface area contributed by atoms with Crippen LogP contribution in [0.5, 0.6) is 0 Å². The number of hydrogen-bond acceptors (Lipinski definition) is 7. The van der Waals surface area contributed by atoms with Gasteiger partial charge in [-0.1, -0.05) is 41.6 Å². The predicted molar refractivity (Wildman–Crippen MR) is 113 cm³/mol. The Labute approximate surface area is 177 Å². The van der Waals surface area contributed by atoms with Crippen molar-refractivity contribution in [1.29, 1.82) is 0 Å². The molecule has 1 unspecified atom stereocenters. The quantitative estimate of drug-likeness (QED) is 0.643. The van der Waals surface area contributed by atoms with Crippen molar-refractivity contribution in [3.63, 3.8) is 0 Å². The monoisotopic (exact) mass is 428 g/mol. The highest BCUT2D eigenvalue weighted by Gasteiger charge is 2.23. The third-order valence-electron chi connectivity index (χ3n) is 5.19. The van der Waals surface area contributed by atoms with Crippen molar-refractivity contribution in [3.8, 4) is 11.4 Å². The van der Waals surface area contributed by atoms with E-state index in [0.717, 1.165) is 23.4 Å². The summed E-state index contributed by atoms with van der Waals surface area (Å²) < 4.78 is 6.19. The fourth-order valence-electron chi connectivity index (χ4n) is 3.70. The van der Waals surface area contributed by atoms with Crippen LogP contribution in [0.4, 0.5) is 0 Å². The van der Waals surface area contributed by atoms with Gasteiger partial charge in [0.25, 0.3) is 5.91 Å². The summed E-state index contributed by atoms with van der Waals surface area (Å²) in [6.45, 7) is 3.29. The molecule has 0 bridgehead atoms. The maximum atomic E-state index is 12.6. The van der Waals surface area contributed by atoms with E-state index in [0.29, 0.717) is 32.0 Å². The fourth-order valence-corrected chi connectivity index (χ4v) is 4.39. The number of aromatic nitrogens is 2. The zero-order valence-electron chi connectivity index (χ0n) is 16.5. The van der Waals surface area contributed by atoms with E-state index >= 15 is 0 Å². The van der Waals surface area contributed by atoms with Gasteiger partial charge in [0.1, 0.15) is 0 Å². The zero-order valence-corrected chi connectivity index (χ0v) is 17.3. The van der Waals surface area contributed by atoms with Gasteiger partial charge in [0.15, 0.2) is 5.82 Å². The Hall–Kier alpha value is -2.75. The molecule has 0 saturated carbocycles. The number of hydrogen-bond donors (Lipinski definition) is 1. The molecule has 1 aliphatic heterocycles. The normalized spacial score (nSPS) is 16.4. The largest absolute Gasteiger partial charge is 0.441 e. The number of thiophene rings is 1. The number of benzene rings is 1. The van der Waals surface area contributed by atoms with Crippen LogP contribution in [0.3, 0.4) is 0 Å². The van der Waals surface area contributed by atoms with Gasteiger partial charge in [-0.25, -0.2) is 4.79 Å². The lowest BCUT2D eigenvalue weighted by Crippen LogP contribution is -2.39. The van der Waals surface area contributed by atoms with E-state index in [4.69, 9.17) is 4.52 Å². The number of rotatable bonds is 6. The molecule has 1 aliphatic rings. The van der Waals surface area contributed by atoms with Gasteiger partial charge in [-0.3, -0.25) is 18.8 Å². The third kappa shape index (κ3) is 4.69. The van der Waals surface area contributed by atoms with Crippen LogP contribution in [-0.2, 0) is 6.54 Å². The fraction of sp³-hybridized carbons (Fsp3) is 0.381. The molecule has 158 valence electrons. The molecule has 3 aromatic rings. The molecule has 3 heterocycles. The average Bonchev–Trinajstić information content (AvgIpc) is 3.35. The van der Waals surface area contributed by atoms with Gasteiger partial charge in [-0.15, -0.1) is 11.3 Å². The lowest BCUT2D eigenvalue weighted by atomic mass is 10.2. The van der Waals surface area contributed by atoms with Crippen LogP contribution in [0.2, 0.25) is 0 Å². The van der Waals surface area contributed by atoms with Crippen LogP contribution < -0.4 is 5.76 Å². The molecule has 1 amide bonds. The summed E-state index contributed by atoms with van der Waals surface area (Å²) in [4.78, 5) is 29.4. The topological polar surface area (TPSA) is 91.8 Å². The van der Waals surface area contributed by atoms with Crippen molar-refractivity contribution in [3.05, 3.63) is 63.3 Å². The molecule has 1 saturated heterocycles. The minimum atomic E-state index is -0.760. The Balaban J connectivity index is 1.36. The van der Waals surface area contributed by atoms with Gasteiger partial charge in [0, 0.05) is 31.7 Å². The Morgan fingerprint density at radius 3 is 2.70 bits per heavy atom. The summed E-state index contributed by atoms with van der Waals surface area (Å²) in [5, 5.41) is 16.4. The summed E-state index contributed by atoms with van der Waals surface area (Å²) in [5.74, 6) is -0.115. The van der Waals surface area contributed by atoms with E-state index in [2.05, 4.69) is 10.1 Å². The zero-order chi connectivity index (χ0) is 20.9. The van der Waals surface area contributed by atoms with Crippen molar-refractivity contribution in [1.82, 2.24) is 19.5 Å². The predicted octanol–water partition coefficient (Wildman–Crippen LogP) is 1.77. The smallest absolute Gasteiger partial charge is 0.390 e. The van der Waals surface area contributed by atoms with Crippen LogP contribution in [0.1, 0.15) is 16.1 Å². The van der Waals surface area contributed by atoms with Gasteiger partial charge in [-0.05, 0) is 24.4 Å². The van der Waals surface area contributed by atoms with Crippen LogP contribution in [0.15, 0.2) is 57.2 Å². The van der Waals surface area contributed by atoms with E-state index in [1.807, 2.05) is 52.7 Å². The van der Waals surface area contributed by atoms with Gasteiger partial charge in [0.05, 0.1) is 17.5 Å². The van der Waals surface area contributed by atoms with Gasteiger partial charge in [-0.2, -0.15) is 0 Å². The molecule has 9 heteroatoms. The first-order chi connectivity index (χ1) is 14.6. The first-order valence-corrected chi connectivity index (χ1v) is 10.8. The third-order valence-corrected chi connectivity index (χ3v) is 6.05. The van der Waals surface area contributed by atoms with Gasteiger partial charge >= 0.3 is 5.76 Å². The molecule has 4 rings (SSSR count). The lowest BCUT2D eigenvalue weighted by molar-refractivity contribution is 0.0754. The van der Waals surface area contributed by atoms with Crippen LogP contribution in [0, 0.1) is 0 Å². The van der Waals surface area contributed by atoms with E-state index in [-0.39, 0.29) is 12.5 Å². The molecule has 1 aromatic carbocycles. The summed E-state index contributed by atoms with van der Waals surface area (Å²) in [6.07, 6.45) is 0.0795. The van der Waals surface area contributed by atoms with E-state index in [9.17, 15) is 14.7 Å². The summed E-state index contributed by atoms with van der Waals surface area (Å²) in [7, 11) is 0. The summed E-state index contributed by atoms with van der Waals surface area (Å²) in [6, 6.07) is 13.0. The van der Waals surface area contributed by atoms with E-state index in [1.165, 1.54) is 15.9 Å². The highest BCUT2D eigenvalue weighted by atomic mass is 32.1. The molecule has 8 nitrogen and oxygen atoms in total. The van der Waals surface area contributed by atoms with Crippen molar-refractivity contribution in [2.24, 2.45) is 0 Å². The molecule has 2 aromatic heterocycles. The number of carbonyl (C=O) groups excluding carboxylic acids is 1. The molecular formula is C21H24N4O4S. The molecule has 0 aliphatic carbocycles. The molecular weight excluding hydrogens is 404 g/mol. The molecule has 1 atom stereocenters. The summed E-state index contributed by atoms with van der Waals surface area (Å²) in [5.41, 5.74) is 0.757. The Morgan fingerprint density at radius 1 is 1.10 bits per heavy atom. The van der Waals surface area contributed by atoms with Gasteiger partial charge < -0.3 is 10.0 Å². The number of amides is 1. The summed E-state index contributed by atoms with van der Waals surface area (Å²) >= 11 is 1.45. The average molecular weight is 429 g/mol. The highest BCUT2D eigenvalue weighted by molar-refractivity contribution is 7.12. The van der Waals surface area contributed by atoms with Gasteiger partial charge in [0.2, 0.25) is 0 Å². The van der Waals surface area contributed by atoms with Crippen molar-refractivity contribution >= 4 is 17.2 Å². The van der Waals surface area contributed by atoms with E-state index in [1.54, 1.807) is 0 Å². The minimum Gasteiger partial charge on any atom is -0.390 e. The second-order valence-electron chi connectivity index (χ2n) is 7.33. The molecule has 30 heavy (non-hydrogen) atoms. The maximum absolute atomic E-state index is 12.6. The SMILES string of the molecule is O=C(c1cccs1)N1CCCN(CC(O)Cn2c(-c3ccccc3)noc2=O)CC1. The molecule has 0 radical (unpaired) electrons. The Kier molecular flexibility index (Phi) is 6.41. The van der Waals surface area contributed by atoms with Crippen molar-refractivity contribution in [2.45, 2.75) is 19.1 Å². The second-order valence-corrected chi connectivity index (χ2v) is 8.27. The van der Waals surface area contributed by atoms with Crippen LogP contribution in [-0.4, -0.2) is 69.4 Å². The van der Waals surface area contributed by atoms with Crippen molar-refractivity contribution in [2.75, 3.05) is 32.7 Å². The Bertz CT molecular complexity index is 1020. The van der Waals surface area contributed by atoms with Crippen LogP contribution in [0.25, 0.3) is 11.4 Å². The highest BCUT2D eigenvalue weighted by Crippen LogP contribution is 2.16. The second kappa shape index (κ2) is 9.38. The molecule has 1 N–H and O–H groups in total. The standard InChI is InChI=1S/C21H24N4O4S/c26-17(15-25-19(22-29-21(25)28)16-6-2-1-3-7-16)14-23-9-5-10-24(12-11-23)20(27)18-8-4-13-30-18/h1-4,6-8,13,17,26H,5,9-12,14-15H2. The lowest BCUT2D eigenvalue weighted by Gasteiger charge is -2.24. The number of carbonyl (C=O) groups is 1. The maximum Gasteiger partial charge on any atom is 0.441 e. The first kappa shape index (κ1) is 20.5. The van der Waals surface area contributed by atoms with Crippen molar-refractivity contribution < 1.29 is 14.4 Å². The molecule has 0 spiro atoms. The number of aliphatic hydroxyl groups excluding tert-OH is 1. The van der Waals surface area contributed by atoms with Crippen LogP contribution >= 0.6 is 11.3 Å². The number of nitrogens with zero attached hydrogens (tertiary/aromatic N) is 4. The first-order valence-electron chi connectivity index (χ1n) is 9.97.